The number of benzene rings is 2. The van der Waals surface area contributed by atoms with Crippen LogP contribution in [0.1, 0.15) is 134 Å². The molecule has 62 heavy (non-hydrogen) atoms. The van der Waals surface area contributed by atoms with Crippen LogP contribution in [0.3, 0.4) is 0 Å². The summed E-state index contributed by atoms with van der Waals surface area (Å²) in [5, 5.41) is 9.19. The van der Waals surface area contributed by atoms with E-state index >= 15 is 0 Å². The molecular weight excluding hydrogens is 789 g/mol. The molecule has 2 saturated carbocycles. The van der Waals surface area contributed by atoms with Crippen molar-refractivity contribution in [3.05, 3.63) is 82.6 Å². The molecule has 6 rings (SSSR count). The Morgan fingerprint density at radius 2 is 1.03 bits per heavy atom. The summed E-state index contributed by atoms with van der Waals surface area (Å²) in [5.41, 5.74) is 3.35. The van der Waals surface area contributed by atoms with Gasteiger partial charge in [0.15, 0.2) is 11.2 Å². The van der Waals surface area contributed by atoms with Crippen molar-refractivity contribution in [3.8, 4) is 22.9 Å². The van der Waals surface area contributed by atoms with E-state index in [1.807, 2.05) is 71.0 Å². The van der Waals surface area contributed by atoms with Crippen molar-refractivity contribution in [1.82, 2.24) is 9.97 Å². The van der Waals surface area contributed by atoms with E-state index in [2.05, 4.69) is 35.9 Å². The van der Waals surface area contributed by atoms with Crippen LogP contribution in [0, 0.1) is 39.5 Å². The molecule has 0 radical (unpaired) electrons. The normalized spacial score (nSPS) is 19.7. The van der Waals surface area contributed by atoms with Crippen LogP contribution < -0.4 is 0 Å². The monoisotopic (exact) mass is 859 g/mol. The number of nitrogens with zero attached hydrogens (tertiary/aromatic N) is 2. The smallest absolute Gasteiger partial charge is 0.338 e. The fourth-order valence-electron chi connectivity index (χ4n) is 7.42. The highest BCUT2D eigenvalue weighted by molar-refractivity contribution is 5.79. The lowest BCUT2D eigenvalue weighted by molar-refractivity contribution is -0.181. The molecule has 2 heterocycles. The zero-order valence-electron chi connectivity index (χ0n) is 38.9. The Kier molecular flexibility index (Phi) is 16.8. The molecule has 12 nitrogen and oxygen atoms in total. The topological polar surface area (TPSA) is 153 Å². The van der Waals surface area contributed by atoms with Gasteiger partial charge in [-0.15, -0.1) is 0 Å². The molecule has 1 N–H and O–H groups in total. The van der Waals surface area contributed by atoms with Crippen molar-refractivity contribution in [1.29, 1.82) is 0 Å². The Bertz CT molecular complexity index is 2040. The van der Waals surface area contributed by atoms with Crippen LogP contribution in [0.15, 0.2) is 57.4 Å². The minimum absolute atomic E-state index is 0.129. The minimum Gasteiger partial charge on any atom is -0.479 e. The lowest BCUT2D eigenvalue weighted by Gasteiger charge is -2.33. The first kappa shape index (κ1) is 48.7. The van der Waals surface area contributed by atoms with Gasteiger partial charge in [0.1, 0.15) is 28.5 Å². The maximum atomic E-state index is 12.4. The zero-order valence-corrected chi connectivity index (χ0v) is 38.9. The van der Waals surface area contributed by atoms with Gasteiger partial charge in [-0.1, -0.05) is 48.2 Å². The molecular formula is C50H70N2O10. The van der Waals surface area contributed by atoms with Crippen LogP contribution in [0.25, 0.3) is 22.9 Å². The standard InChI is InChI=1S/C27H39NO5.C23H31NO5/c1-18-11-13-21(14-12-18)24-28-23(19(2)32-24)17-30-22-10-8-9-20(15-22)16-31-27(6,7)25(29)33-26(3,4)5;1-15-8-10-18(11-9-15)21-24-20(16(2)29-21)14-27-19-7-5-6-17(12-19)13-28-23(3,4)22(25)26/h11-14,20,22H,8-10,15-17H2,1-7H3;8-11,17,19H,5-7,12-14H2,1-4H3,(H,25,26). The molecule has 4 unspecified atom stereocenters. The Hall–Kier alpha value is -4.36. The number of aromatic nitrogens is 2. The highest BCUT2D eigenvalue weighted by Crippen LogP contribution is 2.32. The van der Waals surface area contributed by atoms with Crippen LogP contribution in [0.5, 0.6) is 0 Å². The van der Waals surface area contributed by atoms with Gasteiger partial charge in [-0.2, -0.15) is 0 Å². The molecule has 0 bridgehead atoms. The number of carbonyl (C=O) groups is 2. The van der Waals surface area contributed by atoms with Gasteiger partial charge >= 0.3 is 11.9 Å². The summed E-state index contributed by atoms with van der Waals surface area (Å²) < 4.78 is 41.2. The van der Waals surface area contributed by atoms with E-state index in [0.717, 1.165) is 85.4 Å². The van der Waals surface area contributed by atoms with Gasteiger partial charge < -0.3 is 37.6 Å². The highest BCUT2D eigenvalue weighted by Gasteiger charge is 2.35. The Balaban J connectivity index is 0.000000236. The van der Waals surface area contributed by atoms with Crippen molar-refractivity contribution in [3.63, 3.8) is 0 Å². The second-order valence-electron chi connectivity index (χ2n) is 19.2. The van der Waals surface area contributed by atoms with Gasteiger partial charge in [0.25, 0.3) is 0 Å². The number of carboxylic acid groups (broad SMARTS) is 1. The number of carbonyl (C=O) groups excluding carboxylic acids is 1. The summed E-state index contributed by atoms with van der Waals surface area (Å²) >= 11 is 0. The predicted octanol–water partition coefficient (Wildman–Crippen LogP) is 11.1. The number of aliphatic carboxylic acids is 1. The summed E-state index contributed by atoms with van der Waals surface area (Å²) in [6.45, 7) is 22.1. The number of hydrogen-bond donors (Lipinski definition) is 1. The largest absolute Gasteiger partial charge is 0.479 e. The number of rotatable bonds is 16. The number of ether oxygens (including phenoxy) is 5. The van der Waals surface area contributed by atoms with Crippen molar-refractivity contribution < 1.29 is 47.2 Å². The SMILES string of the molecule is Cc1ccc(-c2nc(COC3CCCC(COC(C)(C)C(=O)O)C3)c(C)o2)cc1.Cc1ccc(-c2nc(COC3CCCC(COC(C)(C)C(=O)OC(C)(C)C)C3)c(C)o2)cc1. The molecule has 0 saturated heterocycles. The molecule has 2 aliphatic rings. The van der Waals surface area contributed by atoms with Crippen LogP contribution in [-0.4, -0.2) is 69.2 Å². The van der Waals surface area contributed by atoms with Crippen LogP contribution >= 0.6 is 0 Å². The lowest BCUT2D eigenvalue weighted by atomic mass is 9.87. The maximum absolute atomic E-state index is 12.4. The minimum atomic E-state index is -1.15. The summed E-state index contributed by atoms with van der Waals surface area (Å²) in [5.74, 6) is 2.22. The van der Waals surface area contributed by atoms with E-state index in [9.17, 15) is 14.7 Å². The third kappa shape index (κ3) is 14.6. The average Bonchev–Trinajstić information content (AvgIpc) is 3.79. The third-order valence-corrected chi connectivity index (χ3v) is 11.5. The molecule has 2 fully saturated rings. The van der Waals surface area contributed by atoms with Gasteiger partial charge in [0.2, 0.25) is 11.8 Å². The first-order valence-corrected chi connectivity index (χ1v) is 22.2. The average molecular weight is 859 g/mol. The maximum Gasteiger partial charge on any atom is 0.338 e. The number of aryl methyl sites for hydroxylation is 4. The molecule has 340 valence electrons. The molecule has 4 atom stereocenters. The summed E-state index contributed by atoms with van der Waals surface area (Å²) in [6, 6.07) is 16.3. The Morgan fingerprint density at radius 3 is 1.42 bits per heavy atom. The van der Waals surface area contributed by atoms with Gasteiger partial charge in [0.05, 0.1) is 38.6 Å². The fraction of sp³-hybridized carbons (Fsp3) is 0.600. The summed E-state index contributed by atoms with van der Waals surface area (Å²) in [7, 11) is 0. The molecule has 12 heteroatoms. The first-order chi connectivity index (χ1) is 29.2. The number of oxazole rings is 2. The van der Waals surface area contributed by atoms with Crippen molar-refractivity contribution >= 4 is 11.9 Å². The summed E-state index contributed by atoms with van der Waals surface area (Å²) in [6.07, 6.45) is 8.33. The summed E-state index contributed by atoms with van der Waals surface area (Å²) in [4.78, 5) is 32.9. The molecule has 2 aliphatic carbocycles. The van der Waals surface area contributed by atoms with Gasteiger partial charge in [0, 0.05) is 11.1 Å². The second-order valence-corrected chi connectivity index (χ2v) is 19.2. The fourth-order valence-corrected chi connectivity index (χ4v) is 7.42. The van der Waals surface area contributed by atoms with E-state index in [1.54, 1.807) is 27.7 Å². The molecule has 4 aromatic rings. The van der Waals surface area contributed by atoms with Gasteiger partial charge in [-0.3, -0.25) is 0 Å². The van der Waals surface area contributed by atoms with E-state index in [0.29, 0.717) is 50.0 Å². The second kappa shape index (κ2) is 21.3. The van der Waals surface area contributed by atoms with E-state index in [4.69, 9.17) is 32.5 Å². The van der Waals surface area contributed by atoms with Crippen molar-refractivity contribution in [2.45, 2.75) is 170 Å². The van der Waals surface area contributed by atoms with Crippen molar-refractivity contribution in [2.75, 3.05) is 13.2 Å². The van der Waals surface area contributed by atoms with Crippen LogP contribution in [0.4, 0.5) is 0 Å². The zero-order chi connectivity index (χ0) is 45.2. The molecule has 2 aromatic heterocycles. The molecule has 0 spiro atoms. The third-order valence-electron chi connectivity index (χ3n) is 11.5. The van der Waals surface area contributed by atoms with Gasteiger partial charge in [-0.05, 0) is 151 Å². The first-order valence-electron chi connectivity index (χ1n) is 22.2. The number of esters is 1. The van der Waals surface area contributed by atoms with Crippen LogP contribution in [0.2, 0.25) is 0 Å². The molecule has 2 aromatic carbocycles. The van der Waals surface area contributed by atoms with Crippen LogP contribution in [-0.2, 0) is 46.5 Å². The lowest BCUT2D eigenvalue weighted by Crippen LogP contribution is -2.42. The quantitative estimate of drug-likeness (QED) is 0.107. The Morgan fingerprint density at radius 1 is 0.629 bits per heavy atom. The molecule has 0 amide bonds. The number of hydrogen-bond acceptors (Lipinski definition) is 11. The van der Waals surface area contributed by atoms with Crippen molar-refractivity contribution in [2.24, 2.45) is 11.8 Å². The Labute approximate surface area is 368 Å². The van der Waals surface area contributed by atoms with Gasteiger partial charge in [-0.25, -0.2) is 19.6 Å². The predicted molar refractivity (Wildman–Crippen MR) is 237 cm³/mol. The highest BCUT2D eigenvalue weighted by atomic mass is 16.6. The van der Waals surface area contributed by atoms with E-state index < -0.39 is 22.8 Å². The number of carboxylic acids is 1. The van der Waals surface area contributed by atoms with E-state index in [-0.39, 0.29) is 18.2 Å². The molecule has 0 aliphatic heterocycles. The van der Waals surface area contributed by atoms with E-state index in [1.165, 1.54) is 11.1 Å².